The highest BCUT2D eigenvalue weighted by Crippen LogP contribution is 2.28. The second-order valence-corrected chi connectivity index (χ2v) is 6.23. The van der Waals surface area contributed by atoms with Crippen molar-refractivity contribution in [3.63, 3.8) is 0 Å². The molecule has 1 heterocycles. The Balaban J connectivity index is 1.81. The van der Waals surface area contributed by atoms with E-state index in [2.05, 4.69) is 10.6 Å². The molecule has 23 heavy (non-hydrogen) atoms. The van der Waals surface area contributed by atoms with Crippen molar-refractivity contribution in [3.05, 3.63) is 29.0 Å². The van der Waals surface area contributed by atoms with Crippen LogP contribution < -0.4 is 15.4 Å². The number of carbonyl (C=O) groups excluding carboxylic acids is 1. The molecule has 0 aliphatic carbocycles. The lowest BCUT2D eigenvalue weighted by Gasteiger charge is -2.37. The van der Waals surface area contributed by atoms with Gasteiger partial charge in [0.05, 0.1) is 11.6 Å². The third-order valence-corrected chi connectivity index (χ3v) is 4.32. The van der Waals surface area contributed by atoms with E-state index in [1.54, 1.807) is 7.11 Å². The van der Waals surface area contributed by atoms with Crippen LogP contribution in [-0.2, 0) is 9.53 Å². The summed E-state index contributed by atoms with van der Waals surface area (Å²) in [5.74, 6) is -0.393. The first-order valence-corrected chi connectivity index (χ1v) is 7.97. The van der Waals surface area contributed by atoms with Crippen LogP contribution in [0.4, 0.5) is 4.39 Å². The summed E-state index contributed by atoms with van der Waals surface area (Å²) in [5, 5.41) is 6.34. The summed E-state index contributed by atoms with van der Waals surface area (Å²) in [6.07, 6.45) is 1.90. The van der Waals surface area contributed by atoms with Crippen LogP contribution in [-0.4, -0.2) is 45.9 Å². The minimum Gasteiger partial charge on any atom is -0.482 e. The zero-order valence-corrected chi connectivity index (χ0v) is 13.9. The molecular formula is C16H22ClFN2O3. The average Bonchev–Trinajstić information content (AvgIpc) is 2.53. The first-order chi connectivity index (χ1) is 11.0. The minimum atomic E-state index is -0.445. The second-order valence-electron chi connectivity index (χ2n) is 5.82. The van der Waals surface area contributed by atoms with Crippen LogP contribution in [0.5, 0.6) is 5.75 Å². The third-order valence-electron chi connectivity index (χ3n) is 4.03. The lowest BCUT2D eigenvalue weighted by molar-refractivity contribution is -0.124. The topological polar surface area (TPSA) is 59.6 Å². The number of rotatable bonds is 7. The van der Waals surface area contributed by atoms with Gasteiger partial charge in [0, 0.05) is 19.1 Å². The van der Waals surface area contributed by atoms with Gasteiger partial charge in [-0.3, -0.25) is 4.79 Å². The number of hydrogen-bond donors (Lipinski definition) is 2. The fourth-order valence-corrected chi connectivity index (χ4v) is 2.93. The Labute approximate surface area is 140 Å². The molecule has 1 fully saturated rings. The Hall–Kier alpha value is -1.37. The highest BCUT2D eigenvalue weighted by Gasteiger charge is 2.32. The molecule has 128 valence electrons. The standard InChI is InChI=1S/C16H22ClFN2O3/c1-22-11-16(4-6-19-7-5-16)10-20-15(21)9-23-14-3-2-12(18)8-13(14)17/h2-3,8,19H,4-7,9-11H2,1H3,(H,20,21). The van der Waals surface area contributed by atoms with Crippen LogP contribution in [0, 0.1) is 11.2 Å². The SMILES string of the molecule is COCC1(CNC(=O)COc2ccc(F)cc2Cl)CCNCC1. The number of halogens is 2. The van der Waals surface area contributed by atoms with E-state index in [0.717, 1.165) is 32.0 Å². The Morgan fingerprint density at radius 3 is 2.83 bits per heavy atom. The van der Waals surface area contributed by atoms with E-state index in [-0.39, 0.29) is 28.7 Å². The summed E-state index contributed by atoms with van der Waals surface area (Å²) in [6.45, 7) is 2.83. The number of methoxy groups -OCH3 is 1. The molecule has 1 aromatic carbocycles. The first kappa shape index (κ1) is 18.0. The normalized spacial score (nSPS) is 16.8. The maximum Gasteiger partial charge on any atom is 0.257 e. The number of ether oxygens (including phenoxy) is 2. The fourth-order valence-electron chi connectivity index (χ4n) is 2.71. The monoisotopic (exact) mass is 344 g/mol. The molecule has 0 aromatic heterocycles. The van der Waals surface area contributed by atoms with Crippen molar-refractivity contribution in [1.29, 1.82) is 0 Å². The van der Waals surface area contributed by atoms with Crippen molar-refractivity contribution in [3.8, 4) is 5.75 Å². The molecule has 1 aliphatic heterocycles. The Morgan fingerprint density at radius 2 is 2.17 bits per heavy atom. The summed E-state index contributed by atoms with van der Waals surface area (Å²) in [7, 11) is 1.67. The molecule has 1 aliphatic rings. The van der Waals surface area contributed by atoms with Gasteiger partial charge in [0.2, 0.25) is 0 Å². The lowest BCUT2D eigenvalue weighted by atomic mass is 9.79. The van der Waals surface area contributed by atoms with Gasteiger partial charge in [-0.1, -0.05) is 11.6 Å². The first-order valence-electron chi connectivity index (χ1n) is 7.59. The molecule has 0 atom stereocenters. The van der Waals surface area contributed by atoms with Crippen molar-refractivity contribution < 1.29 is 18.7 Å². The molecule has 0 bridgehead atoms. The number of nitrogens with one attached hydrogen (secondary N) is 2. The van der Waals surface area contributed by atoms with Gasteiger partial charge >= 0.3 is 0 Å². The van der Waals surface area contributed by atoms with E-state index in [1.165, 1.54) is 12.1 Å². The number of benzene rings is 1. The smallest absolute Gasteiger partial charge is 0.257 e. The molecule has 0 saturated carbocycles. The molecule has 0 unspecified atom stereocenters. The van der Waals surface area contributed by atoms with Gasteiger partial charge in [-0.05, 0) is 44.1 Å². The van der Waals surface area contributed by atoms with Gasteiger partial charge in [0.1, 0.15) is 11.6 Å². The molecule has 0 radical (unpaired) electrons. The van der Waals surface area contributed by atoms with Gasteiger partial charge in [0.15, 0.2) is 6.61 Å². The van der Waals surface area contributed by atoms with E-state index in [0.29, 0.717) is 13.2 Å². The molecule has 0 spiro atoms. The van der Waals surface area contributed by atoms with E-state index < -0.39 is 5.82 Å². The van der Waals surface area contributed by atoms with Crippen LogP contribution in [0.1, 0.15) is 12.8 Å². The molecule has 1 saturated heterocycles. The number of piperidine rings is 1. The average molecular weight is 345 g/mol. The van der Waals surface area contributed by atoms with Crippen LogP contribution in [0.25, 0.3) is 0 Å². The van der Waals surface area contributed by atoms with Crippen molar-refractivity contribution in [2.45, 2.75) is 12.8 Å². The van der Waals surface area contributed by atoms with Crippen molar-refractivity contribution in [2.24, 2.45) is 5.41 Å². The quantitative estimate of drug-likeness (QED) is 0.794. The summed E-state index contributed by atoms with van der Waals surface area (Å²) in [5.41, 5.74) is -0.0385. The van der Waals surface area contributed by atoms with Crippen LogP contribution in [0.3, 0.4) is 0 Å². The van der Waals surface area contributed by atoms with Gasteiger partial charge < -0.3 is 20.1 Å². The van der Waals surface area contributed by atoms with E-state index >= 15 is 0 Å². The summed E-state index contributed by atoms with van der Waals surface area (Å²) >= 11 is 5.85. The Kier molecular flexibility index (Phi) is 6.62. The van der Waals surface area contributed by atoms with Crippen LogP contribution in [0.15, 0.2) is 18.2 Å². The predicted octanol–water partition coefficient (Wildman–Crippen LogP) is 1.99. The highest BCUT2D eigenvalue weighted by molar-refractivity contribution is 6.32. The number of carbonyl (C=O) groups is 1. The van der Waals surface area contributed by atoms with Crippen LogP contribution in [0.2, 0.25) is 5.02 Å². The Bertz CT molecular complexity index is 531. The summed E-state index contributed by atoms with van der Waals surface area (Å²) in [6, 6.07) is 3.79. The zero-order valence-electron chi connectivity index (χ0n) is 13.2. The fraction of sp³-hybridized carbons (Fsp3) is 0.562. The highest BCUT2D eigenvalue weighted by atomic mass is 35.5. The third kappa shape index (κ3) is 5.34. The summed E-state index contributed by atoms with van der Waals surface area (Å²) in [4.78, 5) is 12.0. The van der Waals surface area contributed by atoms with E-state index in [1.807, 2.05) is 0 Å². The number of amides is 1. The van der Waals surface area contributed by atoms with Crippen LogP contribution >= 0.6 is 11.6 Å². The molecule has 1 aromatic rings. The van der Waals surface area contributed by atoms with Crippen molar-refractivity contribution >= 4 is 17.5 Å². The van der Waals surface area contributed by atoms with Crippen molar-refractivity contribution in [1.82, 2.24) is 10.6 Å². The Morgan fingerprint density at radius 1 is 1.43 bits per heavy atom. The van der Waals surface area contributed by atoms with Crippen molar-refractivity contribution in [2.75, 3.05) is 40.0 Å². The number of hydrogen-bond acceptors (Lipinski definition) is 4. The predicted molar refractivity (Wildman–Crippen MR) is 86.3 cm³/mol. The summed E-state index contributed by atoms with van der Waals surface area (Å²) < 4.78 is 23.6. The maximum absolute atomic E-state index is 13.0. The van der Waals surface area contributed by atoms with E-state index in [9.17, 15) is 9.18 Å². The molecule has 1 amide bonds. The second kappa shape index (κ2) is 8.47. The lowest BCUT2D eigenvalue weighted by Crippen LogP contribution is -2.47. The minimum absolute atomic E-state index is 0.0385. The van der Waals surface area contributed by atoms with Gasteiger partial charge in [-0.2, -0.15) is 0 Å². The molecule has 5 nitrogen and oxygen atoms in total. The van der Waals surface area contributed by atoms with Gasteiger partial charge in [-0.15, -0.1) is 0 Å². The van der Waals surface area contributed by atoms with Gasteiger partial charge in [0.25, 0.3) is 5.91 Å². The van der Waals surface area contributed by atoms with E-state index in [4.69, 9.17) is 21.1 Å². The molecule has 2 rings (SSSR count). The molecule has 2 N–H and O–H groups in total. The zero-order chi connectivity index (χ0) is 16.7. The molecular weight excluding hydrogens is 323 g/mol. The van der Waals surface area contributed by atoms with Gasteiger partial charge in [-0.25, -0.2) is 4.39 Å². The largest absolute Gasteiger partial charge is 0.482 e. The molecule has 7 heteroatoms. The maximum atomic E-state index is 13.0.